The summed E-state index contributed by atoms with van der Waals surface area (Å²) in [6, 6.07) is 15.0. The molecule has 1 aliphatic carbocycles. The molecule has 0 fully saturated rings. The summed E-state index contributed by atoms with van der Waals surface area (Å²) in [4.78, 5) is 65.8. The number of benzene rings is 2. The van der Waals surface area contributed by atoms with Crippen LogP contribution in [0.15, 0.2) is 48.5 Å². The van der Waals surface area contributed by atoms with Crippen molar-refractivity contribution in [2.75, 3.05) is 20.3 Å². The van der Waals surface area contributed by atoms with Gasteiger partial charge in [0.2, 0.25) is 11.8 Å². The predicted octanol–water partition coefficient (Wildman–Crippen LogP) is 8.79. The molecule has 0 saturated carbocycles. The zero-order valence-electron chi connectivity index (χ0n) is 34.1. The largest absolute Gasteiger partial charge is 0.467 e. The van der Waals surface area contributed by atoms with Crippen molar-refractivity contribution in [1.82, 2.24) is 16.0 Å². The van der Waals surface area contributed by atoms with E-state index >= 15 is 0 Å². The number of amides is 3. The first kappa shape index (κ1) is 45.2. The molecule has 3 N–H and O–H groups in total. The van der Waals surface area contributed by atoms with E-state index in [1.807, 2.05) is 31.2 Å². The SMILES string of the molecule is CCCCC[C@H](CC(=O)[C@H](CCCCC)NC(=O)[C@@H](C)CCCCNC(=O)OCC1c2ccccc2-c2ccccc21)C(=O)N[C@@H](CCCCC)C(=O)OC. The molecule has 2 aromatic carbocycles. The molecule has 55 heavy (non-hydrogen) atoms. The summed E-state index contributed by atoms with van der Waals surface area (Å²) in [5.41, 5.74) is 4.69. The third-order valence-corrected chi connectivity index (χ3v) is 10.8. The van der Waals surface area contributed by atoms with Gasteiger partial charge in [-0.05, 0) is 54.4 Å². The summed E-state index contributed by atoms with van der Waals surface area (Å²) in [6.45, 7) is 8.79. The van der Waals surface area contributed by atoms with Crippen LogP contribution >= 0.6 is 0 Å². The highest BCUT2D eigenvalue weighted by molar-refractivity contribution is 5.93. The van der Waals surface area contributed by atoms with Crippen molar-refractivity contribution in [2.24, 2.45) is 11.8 Å². The Bertz CT molecular complexity index is 1470. The number of fused-ring (bicyclic) bond motifs is 3. The lowest BCUT2D eigenvalue weighted by atomic mass is 9.90. The summed E-state index contributed by atoms with van der Waals surface area (Å²) in [6.07, 6.45) is 11.2. The summed E-state index contributed by atoms with van der Waals surface area (Å²) in [5, 5.41) is 8.76. The van der Waals surface area contributed by atoms with Gasteiger partial charge < -0.3 is 25.4 Å². The first-order chi connectivity index (χ1) is 26.6. The van der Waals surface area contributed by atoms with Crippen molar-refractivity contribution < 1.29 is 33.4 Å². The van der Waals surface area contributed by atoms with Crippen LogP contribution in [0, 0.1) is 11.8 Å². The molecule has 0 radical (unpaired) electrons. The second kappa shape index (κ2) is 25.0. The molecule has 0 bridgehead atoms. The van der Waals surface area contributed by atoms with E-state index < -0.39 is 30.1 Å². The van der Waals surface area contributed by atoms with E-state index in [4.69, 9.17) is 9.47 Å². The Labute approximate surface area is 329 Å². The Morgan fingerprint density at radius 1 is 0.655 bits per heavy atom. The second-order valence-corrected chi connectivity index (χ2v) is 15.1. The van der Waals surface area contributed by atoms with E-state index in [2.05, 4.69) is 61.0 Å². The van der Waals surface area contributed by atoms with Crippen LogP contribution < -0.4 is 16.0 Å². The lowest BCUT2D eigenvalue weighted by Gasteiger charge is -2.24. The van der Waals surface area contributed by atoms with E-state index in [1.165, 1.54) is 18.2 Å². The van der Waals surface area contributed by atoms with Gasteiger partial charge in [0.15, 0.2) is 5.78 Å². The van der Waals surface area contributed by atoms with Crippen LogP contribution in [0.4, 0.5) is 4.79 Å². The zero-order chi connectivity index (χ0) is 40.0. The molecule has 0 heterocycles. The van der Waals surface area contributed by atoms with E-state index in [0.717, 1.165) is 68.9 Å². The molecular weight excluding hydrogens is 695 g/mol. The highest BCUT2D eigenvalue weighted by Crippen LogP contribution is 2.44. The van der Waals surface area contributed by atoms with Gasteiger partial charge in [-0.3, -0.25) is 14.4 Å². The predicted molar refractivity (Wildman–Crippen MR) is 218 cm³/mol. The zero-order valence-corrected chi connectivity index (χ0v) is 34.1. The molecular formula is C45H67N3O7. The maximum Gasteiger partial charge on any atom is 0.407 e. The van der Waals surface area contributed by atoms with Crippen LogP contribution in [-0.2, 0) is 28.7 Å². The van der Waals surface area contributed by atoms with Crippen LogP contribution in [-0.4, -0.2) is 62.0 Å². The number of methoxy groups -OCH3 is 1. The summed E-state index contributed by atoms with van der Waals surface area (Å²) >= 11 is 0. The number of alkyl carbamates (subject to hydrolysis) is 1. The van der Waals surface area contributed by atoms with E-state index in [0.29, 0.717) is 45.1 Å². The maximum absolute atomic E-state index is 13.8. The molecule has 0 saturated heterocycles. The van der Waals surface area contributed by atoms with Gasteiger partial charge in [0, 0.05) is 30.7 Å². The van der Waals surface area contributed by atoms with Crippen molar-refractivity contribution in [2.45, 2.75) is 148 Å². The number of rotatable bonds is 27. The van der Waals surface area contributed by atoms with Crippen molar-refractivity contribution in [3.05, 3.63) is 59.7 Å². The lowest BCUT2D eigenvalue weighted by Crippen LogP contribution is -2.47. The van der Waals surface area contributed by atoms with E-state index in [1.54, 1.807) is 0 Å². The van der Waals surface area contributed by atoms with Crippen molar-refractivity contribution in [1.29, 1.82) is 0 Å². The standard InChI is InChI=1S/C45H67N3O7/c1-6-9-12-22-33(43(51)48-40(44(52)54-5)28-14-11-8-3)30-41(49)39(27-13-10-7-2)47-42(50)32(4)21-19-20-29-46-45(53)55-31-38-36-25-17-15-23-34(36)35-24-16-18-26-37(35)38/h15-18,23-26,32-33,38-40H,6-14,19-22,27-31H2,1-5H3,(H,46,53)(H,47,50)(H,48,51)/t32-,33+,39-,40-/m0/s1. The molecule has 0 aliphatic heterocycles. The van der Waals surface area contributed by atoms with Gasteiger partial charge in [-0.25, -0.2) is 9.59 Å². The Hall–Kier alpha value is -4.21. The highest BCUT2D eigenvalue weighted by atomic mass is 16.5. The molecule has 0 aromatic heterocycles. The minimum Gasteiger partial charge on any atom is -0.467 e. The van der Waals surface area contributed by atoms with Crippen LogP contribution in [0.25, 0.3) is 11.1 Å². The molecule has 4 atom stereocenters. The molecule has 10 nitrogen and oxygen atoms in total. The lowest BCUT2D eigenvalue weighted by molar-refractivity contribution is -0.146. The number of Topliss-reactive ketones (excluding diaryl/α,β-unsaturated/α-hetero) is 1. The minimum atomic E-state index is -0.747. The number of hydrogen-bond acceptors (Lipinski definition) is 7. The fourth-order valence-electron chi connectivity index (χ4n) is 7.40. The average molecular weight is 762 g/mol. The van der Waals surface area contributed by atoms with Gasteiger partial charge >= 0.3 is 12.1 Å². The van der Waals surface area contributed by atoms with E-state index in [9.17, 15) is 24.0 Å². The number of ether oxygens (including phenoxy) is 2. The molecule has 1 aliphatic rings. The highest BCUT2D eigenvalue weighted by Gasteiger charge is 2.31. The molecule has 3 rings (SSSR count). The fourth-order valence-corrected chi connectivity index (χ4v) is 7.40. The number of nitrogens with one attached hydrogen (secondary N) is 3. The van der Waals surface area contributed by atoms with Crippen LogP contribution in [0.5, 0.6) is 0 Å². The first-order valence-electron chi connectivity index (χ1n) is 20.9. The Morgan fingerprint density at radius 3 is 1.76 bits per heavy atom. The number of unbranched alkanes of at least 4 members (excludes halogenated alkanes) is 7. The van der Waals surface area contributed by atoms with Crippen molar-refractivity contribution in [3.8, 4) is 11.1 Å². The molecule has 0 spiro atoms. The fraction of sp³-hybridized carbons (Fsp3) is 0.622. The van der Waals surface area contributed by atoms with E-state index in [-0.39, 0.29) is 42.5 Å². The minimum absolute atomic E-state index is 0.00135. The topological polar surface area (TPSA) is 140 Å². The van der Waals surface area contributed by atoms with Gasteiger partial charge in [0.05, 0.1) is 13.2 Å². The quantitative estimate of drug-likeness (QED) is 0.0611. The van der Waals surface area contributed by atoms with Gasteiger partial charge in [0.25, 0.3) is 0 Å². The molecule has 3 amide bonds. The average Bonchev–Trinajstić information content (AvgIpc) is 3.51. The van der Waals surface area contributed by atoms with Gasteiger partial charge in [-0.15, -0.1) is 0 Å². The van der Waals surface area contributed by atoms with Gasteiger partial charge in [0.1, 0.15) is 12.6 Å². The van der Waals surface area contributed by atoms with Crippen LogP contribution in [0.2, 0.25) is 0 Å². The van der Waals surface area contributed by atoms with Crippen molar-refractivity contribution in [3.63, 3.8) is 0 Å². The summed E-state index contributed by atoms with van der Waals surface area (Å²) in [7, 11) is 1.32. The molecule has 2 aromatic rings. The molecule has 0 unspecified atom stereocenters. The third-order valence-electron chi connectivity index (χ3n) is 10.8. The number of hydrogen-bond donors (Lipinski definition) is 3. The van der Waals surface area contributed by atoms with Crippen LogP contribution in [0.3, 0.4) is 0 Å². The first-order valence-corrected chi connectivity index (χ1v) is 20.9. The summed E-state index contributed by atoms with van der Waals surface area (Å²) in [5.74, 6) is -2.05. The van der Waals surface area contributed by atoms with Crippen molar-refractivity contribution >= 4 is 29.7 Å². The number of esters is 1. The normalized spacial score (nSPS) is 14.1. The number of ketones is 1. The Balaban J connectivity index is 1.49. The molecule has 10 heteroatoms. The smallest absolute Gasteiger partial charge is 0.407 e. The molecule has 304 valence electrons. The Kier molecular flexibility index (Phi) is 20.6. The van der Waals surface area contributed by atoms with Gasteiger partial charge in [-0.1, -0.05) is 140 Å². The number of carbonyl (C=O) groups is 5. The van der Waals surface area contributed by atoms with Gasteiger partial charge in [-0.2, -0.15) is 0 Å². The summed E-state index contributed by atoms with van der Waals surface area (Å²) < 4.78 is 10.6. The monoisotopic (exact) mass is 761 g/mol. The number of carbonyl (C=O) groups excluding carboxylic acids is 5. The second-order valence-electron chi connectivity index (χ2n) is 15.1. The van der Waals surface area contributed by atoms with Crippen LogP contribution in [0.1, 0.15) is 147 Å². The maximum atomic E-state index is 13.8. The third kappa shape index (κ3) is 14.8. The Morgan fingerprint density at radius 2 is 1.18 bits per heavy atom.